The zero-order valence-corrected chi connectivity index (χ0v) is 17.8. The van der Waals surface area contributed by atoms with E-state index in [-0.39, 0.29) is 28.6 Å². The molecule has 1 amide bonds. The Morgan fingerprint density at radius 3 is 2.43 bits per heavy atom. The number of anilines is 1. The lowest BCUT2D eigenvalue weighted by molar-refractivity contribution is 0.0947. The monoisotopic (exact) mass is 444 g/mol. The molecule has 0 bridgehead atoms. The Morgan fingerprint density at radius 2 is 1.70 bits per heavy atom. The van der Waals surface area contributed by atoms with E-state index >= 15 is 0 Å². The van der Waals surface area contributed by atoms with Gasteiger partial charge in [0.15, 0.2) is 0 Å². The summed E-state index contributed by atoms with van der Waals surface area (Å²) in [6, 6.07) is 20.4. The van der Waals surface area contributed by atoms with Gasteiger partial charge in [0.05, 0.1) is 17.3 Å². The second-order valence-electron chi connectivity index (χ2n) is 6.48. The van der Waals surface area contributed by atoms with E-state index in [0.717, 1.165) is 5.56 Å². The van der Waals surface area contributed by atoms with Gasteiger partial charge in [0.2, 0.25) is 0 Å². The van der Waals surface area contributed by atoms with Crippen LogP contribution in [-0.4, -0.2) is 27.5 Å². The molecule has 0 atom stereocenters. The Hall–Kier alpha value is -3.03. The Bertz CT molecular complexity index is 1130. The largest absolute Gasteiger partial charge is 0.492 e. The molecule has 6 nitrogen and oxygen atoms in total. The second-order valence-corrected chi connectivity index (χ2v) is 8.54. The molecular weight excluding hydrogens is 424 g/mol. The van der Waals surface area contributed by atoms with Crippen molar-refractivity contribution in [1.29, 1.82) is 0 Å². The molecule has 8 heteroatoms. The third-order valence-electron chi connectivity index (χ3n) is 4.27. The molecule has 0 fully saturated rings. The molecule has 0 saturated heterocycles. The highest BCUT2D eigenvalue weighted by atomic mass is 35.5. The van der Waals surface area contributed by atoms with Gasteiger partial charge >= 0.3 is 0 Å². The molecule has 3 aromatic rings. The van der Waals surface area contributed by atoms with Gasteiger partial charge in [-0.1, -0.05) is 48.0 Å². The van der Waals surface area contributed by atoms with Crippen LogP contribution in [0.4, 0.5) is 5.69 Å². The van der Waals surface area contributed by atoms with Crippen molar-refractivity contribution in [2.45, 2.75) is 11.8 Å². The van der Waals surface area contributed by atoms with Crippen LogP contribution in [-0.2, 0) is 10.0 Å². The summed E-state index contributed by atoms with van der Waals surface area (Å²) in [7, 11) is -3.97. The van der Waals surface area contributed by atoms with E-state index in [1.165, 1.54) is 18.2 Å². The Kier molecular flexibility index (Phi) is 6.97. The molecule has 3 rings (SSSR count). The van der Waals surface area contributed by atoms with E-state index in [1.54, 1.807) is 25.1 Å². The zero-order valence-electron chi connectivity index (χ0n) is 16.3. The molecule has 0 aliphatic carbocycles. The summed E-state index contributed by atoms with van der Waals surface area (Å²) in [4.78, 5) is 12.3. The molecule has 0 unspecified atom stereocenters. The SMILES string of the molecule is Cc1ccccc1NS(=O)(=O)c1cc(C(=O)NCCOc2ccccc2)ccc1Cl. The summed E-state index contributed by atoms with van der Waals surface area (Å²) in [6.45, 7) is 2.34. The number of rotatable bonds is 8. The van der Waals surface area contributed by atoms with Crippen LogP contribution in [0.25, 0.3) is 0 Å². The molecule has 0 aromatic heterocycles. The third kappa shape index (κ3) is 5.52. The topological polar surface area (TPSA) is 84.5 Å². The van der Waals surface area contributed by atoms with Gasteiger partial charge < -0.3 is 10.1 Å². The highest BCUT2D eigenvalue weighted by Gasteiger charge is 2.21. The number of hydrogen-bond acceptors (Lipinski definition) is 4. The van der Waals surface area contributed by atoms with E-state index in [9.17, 15) is 13.2 Å². The predicted molar refractivity (Wildman–Crippen MR) is 118 cm³/mol. The Balaban J connectivity index is 1.68. The Morgan fingerprint density at radius 1 is 1.00 bits per heavy atom. The predicted octanol–water partition coefficient (Wildman–Crippen LogP) is 4.26. The smallest absolute Gasteiger partial charge is 0.263 e. The van der Waals surface area contributed by atoms with Crippen molar-refractivity contribution in [3.63, 3.8) is 0 Å². The summed E-state index contributed by atoms with van der Waals surface area (Å²) >= 11 is 6.12. The number of hydrogen-bond donors (Lipinski definition) is 2. The van der Waals surface area contributed by atoms with Gasteiger partial charge in [-0.3, -0.25) is 9.52 Å². The molecule has 2 N–H and O–H groups in total. The van der Waals surface area contributed by atoms with Crippen molar-refractivity contribution in [3.05, 3.63) is 88.9 Å². The number of nitrogens with one attached hydrogen (secondary N) is 2. The quantitative estimate of drug-likeness (QED) is 0.508. The zero-order chi connectivity index (χ0) is 21.6. The average Bonchev–Trinajstić information content (AvgIpc) is 2.73. The van der Waals surface area contributed by atoms with Crippen molar-refractivity contribution in [3.8, 4) is 5.75 Å². The minimum absolute atomic E-state index is 0.0278. The van der Waals surface area contributed by atoms with Gasteiger partial charge in [0.1, 0.15) is 17.3 Å². The summed E-state index contributed by atoms with van der Waals surface area (Å²) in [5.74, 6) is 0.282. The number of benzene rings is 3. The van der Waals surface area contributed by atoms with Crippen molar-refractivity contribution in [2.75, 3.05) is 17.9 Å². The molecule has 30 heavy (non-hydrogen) atoms. The van der Waals surface area contributed by atoms with Crippen LogP contribution in [0.3, 0.4) is 0 Å². The van der Waals surface area contributed by atoms with Gasteiger partial charge in [-0.05, 0) is 48.9 Å². The normalized spacial score (nSPS) is 11.0. The number of ether oxygens (including phenoxy) is 1. The highest BCUT2D eigenvalue weighted by Crippen LogP contribution is 2.26. The number of carbonyl (C=O) groups excluding carboxylic acids is 1. The maximum Gasteiger partial charge on any atom is 0.263 e. The first-order chi connectivity index (χ1) is 14.4. The fraction of sp³-hybridized carbons (Fsp3) is 0.136. The number of sulfonamides is 1. The fourth-order valence-electron chi connectivity index (χ4n) is 2.69. The van der Waals surface area contributed by atoms with Gasteiger partial charge in [-0.25, -0.2) is 8.42 Å². The first-order valence-electron chi connectivity index (χ1n) is 9.21. The van der Waals surface area contributed by atoms with Crippen LogP contribution < -0.4 is 14.8 Å². The van der Waals surface area contributed by atoms with Crippen LogP contribution in [0.1, 0.15) is 15.9 Å². The lowest BCUT2D eigenvalue weighted by Crippen LogP contribution is -2.28. The minimum Gasteiger partial charge on any atom is -0.492 e. The van der Waals surface area contributed by atoms with Crippen LogP contribution in [0.2, 0.25) is 5.02 Å². The van der Waals surface area contributed by atoms with Crippen molar-refractivity contribution >= 4 is 33.2 Å². The van der Waals surface area contributed by atoms with E-state index < -0.39 is 15.9 Å². The second kappa shape index (κ2) is 9.65. The third-order valence-corrected chi connectivity index (χ3v) is 6.12. The Labute approximate surface area is 180 Å². The summed E-state index contributed by atoms with van der Waals surface area (Å²) < 4.78 is 33.7. The van der Waals surface area contributed by atoms with Gasteiger partial charge in [0.25, 0.3) is 15.9 Å². The molecule has 0 saturated carbocycles. The summed E-state index contributed by atoms with van der Waals surface area (Å²) in [5.41, 5.74) is 1.40. The molecule has 0 radical (unpaired) electrons. The van der Waals surface area contributed by atoms with E-state index in [2.05, 4.69) is 10.0 Å². The van der Waals surface area contributed by atoms with Crippen molar-refractivity contribution < 1.29 is 17.9 Å². The molecular formula is C22H21ClN2O4S. The van der Waals surface area contributed by atoms with Gasteiger partial charge in [0, 0.05) is 5.56 Å². The minimum atomic E-state index is -3.97. The van der Waals surface area contributed by atoms with Gasteiger partial charge in [-0.15, -0.1) is 0 Å². The fourth-order valence-corrected chi connectivity index (χ4v) is 4.35. The molecule has 0 heterocycles. The molecule has 0 aliphatic rings. The van der Waals surface area contributed by atoms with Gasteiger partial charge in [-0.2, -0.15) is 0 Å². The highest BCUT2D eigenvalue weighted by molar-refractivity contribution is 7.92. The summed E-state index contributed by atoms with van der Waals surface area (Å²) in [5, 5.41) is 2.73. The number of halogens is 1. The molecule has 0 aliphatic heterocycles. The number of para-hydroxylation sites is 2. The van der Waals surface area contributed by atoms with E-state index in [0.29, 0.717) is 11.4 Å². The maximum absolute atomic E-state index is 12.8. The first kappa shape index (κ1) is 21.7. The average molecular weight is 445 g/mol. The standard InChI is InChI=1S/C22H21ClN2O4S/c1-16-7-5-6-10-20(16)25-30(27,28)21-15-17(11-12-19(21)23)22(26)24-13-14-29-18-8-3-2-4-9-18/h2-12,15,25H,13-14H2,1H3,(H,24,26). The summed E-state index contributed by atoms with van der Waals surface area (Å²) in [6.07, 6.45) is 0. The van der Waals surface area contributed by atoms with Crippen LogP contribution in [0, 0.1) is 6.92 Å². The van der Waals surface area contributed by atoms with Crippen LogP contribution >= 0.6 is 11.6 Å². The van der Waals surface area contributed by atoms with E-state index in [1.807, 2.05) is 36.4 Å². The lowest BCUT2D eigenvalue weighted by Gasteiger charge is -2.13. The van der Waals surface area contributed by atoms with Crippen LogP contribution in [0.15, 0.2) is 77.7 Å². The number of carbonyl (C=O) groups is 1. The number of aryl methyl sites for hydroxylation is 1. The lowest BCUT2D eigenvalue weighted by atomic mass is 10.2. The first-order valence-corrected chi connectivity index (χ1v) is 11.1. The number of amides is 1. The molecule has 0 spiro atoms. The molecule has 156 valence electrons. The van der Waals surface area contributed by atoms with E-state index in [4.69, 9.17) is 16.3 Å². The van der Waals surface area contributed by atoms with Crippen LogP contribution in [0.5, 0.6) is 5.75 Å². The molecule has 3 aromatic carbocycles. The van der Waals surface area contributed by atoms with Crippen molar-refractivity contribution in [2.24, 2.45) is 0 Å². The van der Waals surface area contributed by atoms with Crippen molar-refractivity contribution in [1.82, 2.24) is 5.32 Å². The maximum atomic E-state index is 12.8.